The molecule has 1 fully saturated rings. The zero-order chi connectivity index (χ0) is 24.1. The Balaban J connectivity index is 1.71. The van der Waals surface area contributed by atoms with Gasteiger partial charge in [0.25, 0.3) is 11.8 Å². The summed E-state index contributed by atoms with van der Waals surface area (Å²) in [5, 5.41) is 15.0. The first-order valence-corrected chi connectivity index (χ1v) is 11.8. The lowest BCUT2D eigenvalue weighted by atomic mass is 10.0. The molecule has 1 saturated heterocycles. The third-order valence-corrected chi connectivity index (χ3v) is 6.32. The van der Waals surface area contributed by atoms with Gasteiger partial charge in [-0.05, 0) is 19.4 Å². The van der Waals surface area contributed by atoms with Gasteiger partial charge in [0.1, 0.15) is 17.1 Å². The second-order valence-corrected chi connectivity index (χ2v) is 8.88. The Labute approximate surface area is 196 Å². The fourth-order valence-electron chi connectivity index (χ4n) is 2.87. The maximum Gasteiger partial charge on any atom is 0.352 e. The summed E-state index contributed by atoms with van der Waals surface area (Å²) in [5.74, 6) is -3.08. The molecule has 2 amide bonds. The van der Waals surface area contributed by atoms with Gasteiger partial charge in [-0.3, -0.25) is 14.5 Å². The summed E-state index contributed by atoms with van der Waals surface area (Å²) in [6, 6.07) is -0.983. The van der Waals surface area contributed by atoms with Crippen LogP contribution in [0.4, 0.5) is 5.13 Å². The van der Waals surface area contributed by atoms with E-state index in [2.05, 4.69) is 19.8 Å². The van der Waals surface area contributed by atoms with E-state index in [1.165, 1.54) is 24.8 Å². The molecule has 0 aliphatic carbocycles. The minimum absolute atomic E-state index is 0.0718. The highest BCUT2D eigenvalue weighted by Crippen LogP contribution is 2.37. The normalized spacial score (nSPS) is 20.8. The van der Waals surface area contributed by atoms with E-state index in [4.69, 9.17) is 15.3 Å². The van der Waals surface area contributed by atoms with Crippen LogP contribution in [0.15, 0.2) is 16.9 Å². The van der Waals surface area contributed by atoms with E-state index < -0.39 is 47.0 Å². The number of rotatable bonds is 10. The van der Waals surface area contributed by atoms with Gasteiger partial charge in [0.05, 0.1) is 6.61 Å². The van der Waals surface area contributed by atoms with Crippen molar-refractivity contribution in [2.45, 2.75) is 44.2 Å². The number of carbonyl (C=O) groups is 4. The highest BCUT2D eigenvalue weighted by Gasteiger charge is 2.53. The highest BCUT2D eigenvalue weighted by atomic mass is 32.2. The number of oxime groups is 1. The van der Waals surface area contributed by atoms with Crippen molar-refractivity contribution in [1.82, 2.24) is 19.6 Å². The monoisotopic (exact) mass is 498 g/mol. The number of nitrogens with two attached hydrogens (primary N) is 1. The van der Waals surface area contributed by atoms with Crippen LogP contribution < -0.4 is 11.1 Å². The minimum Gasteiger partial charge on any atom is -0.477 e. The Morgan fingerprint density at radius 1 is 1.45 bits per heavy atom. The first-order chi connectivity index (χ1) is 15.7. The van der Waals surface area contributed by atoms with Gasteiger partial charge in [0, 0.05) is 17.3 Å². The largest absolute Gasteiger partial charge is 0.477 e. The summed E-state index contributed by atoms with van der Waals surface area (Å²) in [6.45, 7) is 3.59. The molecule has 2 unspecified atom stereocenters. The molecule has 1 aromatic heterocycles. The molecule has 33 heavy (non-hydrogen) atoms. The molecule has 3 atom stereocenters. The number of fused-ring (bicyclic) bond motifs is 1. The van der Waals surface area contributed by atoms with Crippen LogP contribution in [-0.4, -0.2) is 78.7 Å². The quantitative estimate of drug-likeness (QED) is 0.129. The number of nitrogens with zero attached hydrogens (tertiary/aromatic N) is 4. The predicted molar refractivity (Wildman–Crippen MR) is 118 cm³/mol. The molecule has 15 heteroatoms. The smallest absolute Gasteiger partial charge is 0.352 e. The third kappa shape index (κ3) is 5.42. The Kier molecular flexibility index (Phi) is 7.86. The summed E-state index contributed by atoms with van der Waals surface area (Å²) >= 11 is 2.12. The van der Waals surface area contributed by atoms with Gasteiger partial charge in [0.2, 0.25) is 17.6 Å². The van der Waals surface area contributed by atoms with Gasteiger partial charge >= 0.3 is 11.9 Å². The zero-order valence-corrected chi connectivity index (χ0v) is 19.4. The van der Waals surface area contributed by atoms with Crippen LogP contribution >= 0.6 is 23.3 Å². The van der Waals surface area contributed by atoms with E-state index in [1.807, 2.05) is 6.92 Å². The second-order valence-electron chi connectivity index (χ2n) is 6.94. The van der Waals surface area contributed by atoms with Gasteiger partial charge in [0.15, 0.2) is 5.13 Å². The summed E-state index contributed by atoms with van der Waals surface area (Å²) < 4.78 is 8.99. The lowest BCUT2D eigenvalue weighted by Gasteiger charge is -2.48. The number of hydrogen-bond donors (Lipinski definition) is 3. The molecule has 13 nitrogen and oxygen atoms in total. The molecule has 3 heterocycles. The van der Waals surface area contributed by atoms with E-state index in [1.54, 1.807) is 0 Å². The fourth-order valence-corrected chi connectivity index (χ4v) is 4.50. The molecule has 2 aliphatic rings. The average Bonchev–Trinajstić information content (AvgIpc) is 3.22. The number of aliphatic carboxylic acids is 1. The lowest BCUT2D eigenvalue weighted by molar-refractivity contribution is -0.156. The van der Waals surface area contributed by atoms with Crippen LogP contribution in [0.25, 0.3) is 0 Å². The number of hydrogen-bond acceptors (Lipinski definition) is 12. The standard InChI is InChI=1S/C18H22N6O7S2/c1-3-4-6-30-17(29)8(2)31-22-10(12-21-18(19)33-23-12)13(25)20-11-14(26)24-9(16(27)28)5-7-32-15(11)24/h5,8,11,15H,3-4,6-7H2,1-2H3,(H,20,25)(H,27,28)(H2,19,21,23)/b22-10-/t8?,11?,15-/m1/s1. The summed E-state index contributed by atoms with van der Waals surface area (Å²) in [5.41, 5.74) is 5.08. The Bertz CT molecular complexity index is 1010. The Morgan fingerprint density at radius 2 is 2.21 bits per heavy atom. The van der Waals surface area contributed by atoms with E-state index in [9.17, 15) is 24.3 Å². The van der Waals surface area contributed by atoms with E-state index >= 15 is 0 Å². The van der Waals surface area contributed by atoms with Gasteiger partial charge < -0.3 is 25.7 Å². The fraction of sp³-hybridized carbons (Fsp3) is 0.500. The number of unbranched alkanes of at least 4 members (excludes halogenated alkanes) is 1. The SMILES string of the molecule is CCCCOC(=O)C(C)O/N=C(\C(=O)NC1C(=O)N2C(C(=O)O)=CCS[C@H]12)c1nsc(N)n1. The number of ether oxygens (including phenoxy) is 1. The molecule has 1 aromatic rings. The summed E-state index contributed by atoms with van der Waals surface area (Å²) in [6.07, 6.45) is 1.87. The van der Waals surface area contributed by atoms with Crippen molar-refractivity contribution in [3.8, 4) is 0 Å². The number of thioether (sulfide) groups is 1. The number of amides is 2. The molecule has 0 bridgehead atoms. The molecule has 0 saturated carbocycles. The van der Waals surface area contributed by atoms with E-state index in [-0.39, 0.29) is 23.3 Å². The van der Waals surface area contributed by atoms with Crippen LogP contribution in [0.1, 0.15) is 32.5 Å². The van der Waals surface area contributed by atoms with Crippen molar-refractivity contribution >= 4 is 57.9 Å². The summed E-state index contributed by atoms with van der Waals surface area (Å²) in [4.78, 5) is 58.9. The zero-order valence-electron chi connectivity index (χ0n) is 17.7. The molecular formula is C18H22N6O7S2. The van der Waals surface area contributed by atoms with E-state index in [0.29, 0.717) is 12.2 Å². The van der Waals surface area contributed by atoms with Gasteiger partial charge in [-0.1, -0.05) is 18.5 Å². The van der Waals surface area contributed by atoms with Crippen LogP contribution in [0.2, 0.25) is 0 Å². The van der Waals surface area contributed by atoms with Gasteiger partial charge in [-0.25, -0.2) is 9.59 Å². The molecule has 0 spiro atoms. The third-order valence-electron chi connectivity index (χ3n) is 4.60. The van der Waals surface area contributed by atoms with E-state index in [0.717, 1.165) is 22.9 Å². The summed E-state index contributed by atoms with van der Waals surface area (Å²) in [7, 11) is 0. The van der Waals surface area contributed by atoms with Crippen LogP contribution in [-0.2, 0) is 28.8 Å². The molecule has 2 aliphatic heterocycles. The maximum atomic E-state index is 12.9. The van der Waals surface area contributed by atoms with Crippen molar-refractivity contribution in [3.63, 3.8) is 0 Å². The van der Waals surface area contributed by atoms with Crippen LogP contribution in [0.5, 0.6) is 0 Å². The Morgan fingerprint density at radius 3 is 2.85 bits per heavy atom. The molecule has 4 N–H and O–H groups in total. The number of nitrogens with one attached hydrogen (secondary N) is 1. The first-order valence-electron chi connectivity index (χ1n) is 9.93. The molecule has 0 aromatic carbocycles. The second kappa shape index (κ2) is 10.6. The van der Waals surface area contributed by atoms with Crippen molar-refractivity contribution < 1.29 is 33.9 Å². The number of β-lactam (4-membered cyclic amide) rings is 1. The molecule has 178 valence electrons. The highest BCUT2D eigenvalue weighted by molar-refractivity contribution is 8.00. The van der Waals surface area contributed by atoms with Crippen LogP contribution in [0.3, 0.4) is 0 Å². The van der Waals surface area contributed by atoms with Crippen molar-refractivity contribution in [2.24, 2.45) is 5.16 Å². The average molecular weight is 499 g/mol. The maximum absolute atomic E-state index is 12.9. The number of nitrogen functional groups attached to an aromatic ring is 1. The Hall–Kier alpha value is -3.20. The van der Waals surface area contributed by atoms with Gasteiger partial charge in [-0.15, -0.1) is 11.8 Å². The number of anilines is 1. The number of carboxylic acid groups (broad SMARTS) is 1. The number of aromatic nitrogens is 2. The molecular weight excluding hydrogens is 476 g/mol. The number of carbonyl (C=O) groups excluding carboxylic acids is 3. The van der Waals surface area contributed by atoms with Crippen molar-refractivity contribution in [2.75, 3.05) is 18.1 Å². The lowest BCUT2D eigenvalue weighted by Crippen LogP contribution is -2.70. The minimum atomic E-state index is -1.23. The number of carboxylic acids is 1. The van der Waals surface area contributed by atoms with Crippen LogP contribution in [0, 0.1) is 0 Å². The predicted octanol–water partition coefficient (Wildman–Crippen LogP) is -0.0588. The first kappa shape index (κ1) is 24.4. The molecule has 3 rings (SSSR count). The topological polar surface area (TPSA) is 186 Å². The number of esters is 1. The van der Waals surface area contributed by atoms with Crippen molar-refractivity contribution in [1.29, 1.82) is 0 Å². The van der Waals surface area contributed by atoms with Crippen molar-refractivity contribution in [3.05, 3.63) is 17.6 Å². The van der Waals surface area contributed by atoms with Gasteiger partial charge in [-0.2, -0.15) is 9.36 Å². The molecule has 0 radical (unpaired) electrons.